The Kier molecular flexibility index (Phi) is 7.93. The number of hydrogen-bond donors (Lipinski definition) is 0. The van der Waals surface area contributed by atoms with Crippen molar-refractivity contribution in [2.45, 2.75) is 39.2 Å². The maximum atomic E-state index is 2.71. The van der Waals surface area contributed by atoms with Crippen LogP contribution >= 0.6 is 9.39 Å². The molecular weight excluding hydrogens is 179 g/mol. The molecule has 0 heterocycles. The zero-order valence-electron chi connectivity index (χ0n) is 9.58. The second kappa shape index (κ2) is 7.73. The first-order chi connectivity index (χ1) is 6.07. The van der Waals surface area contributed by atoms with Gasteiger partial charge in [-0.15, -0.1) is 0 Å². The van der Waals surface area contributed by atoms with Gasteiger partial charge in [0.1, 0.15) is 0 Å². The van der Waals surface area contributed by atoms with Gasteiger partial charge in [0.25, 0.3) is 0 Å². The molecule has 0 aromatic carbocycles. The maximum absolute atomic E-state index is 2.71. The van der Waals surface area contributed by atoms with E-state index in [1.807, 2.05) is 0 Å². The van der Waals surface area contributed by atoms with Crippen molar-refractivity contribution in [3.05, 3.63) is 0 Å². The molecule has 0 aliphatic rings. The van der Waals surface area contributed by atoms with E-state index in [4.69, 9.17) is 0 Å². The highest BCUT2D eigenvalue weighted by atomic mass is 31.0. The van der Waals surface area contributed by atoms with E-state index in [1.165, 1.54) is 25.8 Å². The van der Waals surface area contributed by atoms with Crippen molar-refractivity contribution in [1.29, 1.82) is 0 Å². The highest BCUT2D eigenvalue weighted by Crippen LogP contribution is 2.05. The topological polar surface area (TPSA) is 6.48 Å². The van der Waals surface area contributed by atoms with Crippen molar-refractivity contribution in [2.75, 3.05) is 27.2 Å². The minimum atomic E-state index is 0.703. The molecule has 0 radical (unpaired) electrons. The average Bonchev–Trinajstić information content (AvgIpc) is 2.10. The van der Waals surface area contributed by atoms with Crippen LogP contribution in [0.25, 0.3) is 0 Å². The minimum absolute atomic E-state index is 0.703. The van der Waals surface area contributed by atoms with Crippen molar-refractivity contribution in [1.82, 2.24) is 9.57 Å². The van der Waals surface area contributed by atoms with Crippen LogP contribution < -0.4 is 0 Å². The van der Waals surface area contributed by atoms with Crippen LogP contribution in [0.1, 0.15) is 33.1 Å². The lowest BCUT2D eigenvalue weighted by Crippen LogP contribution is -2.31. The normalized spacial score (nSPS) is 14.1. The maximum Gasteiger partial charge on any atom is 0.00761 e. The number of rotatable bonds is 7. The molecule has 0 rings (SSSR count). The van der Waals surface area contributed by atoms with Gasteiger partial charge >= 0.3 is 0 Å². The molecule has 0 bridgehead atoms. The smallest absolute Gasteiger partial charge is 0.00761 e. The first-order valence-corrected chi connectivity index (χ1v) is 5.75. The van der Waals surface area contributed by atoms with E-state index in [9.17, 15) is 0 Å². The van der Waals surface area contributed by atoms with Crippen LogP contribution in [0.4, 0.5) is 0 Å². The van der Waals surface area contributed by atoms with Gasteiger partial charge in [-0.2, -0.15) is 0 Å². The number of unbranched alkanes of at least 4 members (excludes halogenated alkanes) is 1. The fourth-order valence-corrected chi connectivity index (χ4v) is 1.39. The average molecular weight is 204 g/mol. The molecule has 0 aromatic heterocycles. The largest absolute Gasteiger partial charge is 0.304 e. The molecule has 13 heavy (non-hydrogen) atoms. The molecule has 0 aliphatic carbocycles. The molecular formula is C10H25N2P. The number of nitrogens with zero attached hydrogens (tertiary/aromatic N) is 2. The third kappa shape index (κ3) is 7.42. The number of hydrogen-bond acceptors (Lipinski definition) is 2. The molecule has 0 aromatic rings. The Balaban J connectivity index is 3.50. The van der Waals surface area contributed by atoms with Gasteiger partial charge in [0.2, 0.25) is 0 Å². The van der Waals surface area contributed by atoms with Crippen molar-refractivity contribution < 1.29 is 0 Å². The monoisotopic (exact) mass is 204 g/mol. The van der Waals surface area contributed by atoms with Gasteiger partial charge in [0.05, 0.1) is 0 Å². The molecule has 2 nitrogen and oxygen atoms in total. The fourth-order valence-electron chi connectivity index (χ4n) is 1.24. The summed E-state index contributed by atoms with van der Waals surface area (Å²) in [5.74, 6) is 0. The summed E-state index contributed by atoms with van der Waals surface area (Å²) in [6.07, 6.45) is 3.86. The van der Waals surface area contributed by atoms with E-state index < -0.39 is 0 Å². The lowest BCUT2D eigenvalue weighted by atomic mass is 10.2. The van der Waals surface area contributed by atoms with Crippen molar-refractivity contribution in [2.24, 2.45) is 0 Å². The molecule has 2 unspecified atom stereocenters. The Morgan fingerprint density at radius 3 is 2.31 bits per heavy atom. The Hall–Kier alpha value is 0.350. The van der Waals surface area contributed by atoms with E-state index in [1.54, 1.807) is 0 Å². The summed E-state index contributed by atoms with van der Waals surface area (Å²) in [6.45, 7) is 6.94. The first-order valence-electron chi connectivity index (χ1n) is 5.24. The molecule has 3 heteroatoms. The SMILES string of the molecule is CCCCN(C)C(C)CCN(C)P. The summed E-state index contributed by atoms with van der Waals surface area (Å²) in [4.78, 5) is 2.46. The van der Waals surface area contributed by atoms with Crippen molar-refractivity contribution >= 4 is 9.39 Å². The predicted molar refractivity (Wildman–Crippen MR) is 64.0 cm³/mol. The van der Waals surface area contributed by atoms with Gasteiger partial charge < -0.3 is 4.90 Å². The van der Waals surface area contributed by atoms with E-state index in [2.05, 4.69) is 46.9 Å². The molecule has 0 fully saturated rings. The van der Waals surface area contributed by atoms with Crippen LogP contribution in [0.3, 0.4) is 0 Å². The molecule has 0 spiro atoms. The molecule has 80 valence electrons. The van der Waals surface area contributed by atoms with Crippen LogP contribution in [0.2, 0.25) is 0 Å². The highest BCUT2D eigenvalue weighted by molar-refractivity contribution is 7.13. The third-order valence-electron chi connectivity index (χ3n) is 2.52. The zero-order chi connectivity index (χ0) is 10.3. The summed E-state index contributed by atoms with van der Waals surface area (Å²) < 4.78 is 2.17. The first kappa shape index (κ1) is 13.4. The Labute approximate surface area is 85.9 Å². The van der Waals surface area contributed by atoms with Crippen LogP contribution in [0, 0.1) is 0 Å². The van der Waals surface area contributed by atoms with Crippen molar-refractivity contribution in [3.8, 4) is 0 Å². The summed E-state index contributed by atoms with van der Waals surface area (Å²) >= 11 is 0. The molecule has 0 saturated carbocycles. The van der Waals surface area contributed by atoms with Gasteiger partial charge in [-0.1, -0.05) is 22.7 Å². The third-order valence-corrected chi connectivity index (χ3v) is 2.77. The van der Waals surface area contributed by atoms with Gasteiger partial charge in [-0.3, -0.25) is 4.67 Å². The molecule has 0 saturated heterocycles. The van der Waals surface area contributed by atoms with E-state index in [0.29, 0.717) is 6.04 Å². The molecule has 0 amide bonds. The van der Waals surface area contributed by atoms with Crippen LogP contribution in [-0.4, -0.2) is 42.8 Å². The van der Waals surface area contributed by atoms with E-state index >= 15 is 0 Å². The van der Waals surface area contributed by atoms with Gasteiger partial charge in [-0.25, -0.2) is 0 Å². The summed E-state index contributed by atoms with van der Waals surface area (Å²) in [5.41, 5.74) is 0. The van der Waals surface area contributed by atoms with Crippen molar-refractivity contribution in [3.63, 3.8) is 0 Å². The molecule has 0 N–H and O–H groups in total. The molecule has 0 aliphatic heterocycles. The summed E-state index contributed by atoms with van der Waals surface area (Å²) in [5, 5.41) is 0. The molecule has 2 atom stereocenters. The Morgan fingerprint density at radius 2 is 1.85 bits per heavy atom. The highest BCUT2D eigenvalue weighted by Gasteiger charge is 2.07. The van der Waals surface area contributed by atoms with E-state index in [0.717, 1.165) is 6.54 Å². The van der Waals surface area contributed by atoms with Gasteiger partial charge in [0.15, 0.2) is 0 Å². The van der Waals surface area contributed by atoms with Crippen LogP contribution in [-0.2, 0) is 0 Å². The van der Waals surface area contributed by atoms with Crippen LogP contribution in [0.5, 0.6) is 0 Å². The second-order valence-electron chi connectivity index (χ2n) is 3.95. The Morgan fingerprint density at radius 1 is 1.23 bits per heavy atom. The predicted octanol–water partition coefficient (Wildman–Crippen LogP) is 2.22. The zero-order valence-corrected chi connectivity index (χ0v) is 10.7. The quantitative estimate of drug-likeness (QED) is 0.587. The van der Waals surface area contributed by atoms with E-state index in [-0.39, 0.29) is 0 Å². The summed E-state index contributed by atoms with van der Waals surface area (Å²) in [7, 11) is 7.03. The fraction of sp³-hybridized carbons (Fsp3) is 1.00. The van der Waals surface area contributed by atoms with Crippen LogP contribution in [0.15, 0.2) is 0 Å². The summed E-state index contributed by atoms with van der Waals surface area (Å²) in [6, 6.07) is 0.703. The second-order valence-corrected chi connectivity index (χ2v) is 4.83. The lowest BCUT2D eigenvalue weighted by molar-refractivity contribution is 0.235. The van der Waals surface area contributed by atoms with Gasteiger partial charge in [0, 0.05) is 12.6 Å². The standard InChI is InChI=1S/C10H25N2P/c1-5-6-8-11(3)10(2)7-9-12(4)13/h10H,5-9,13H2,1-4H3. The minimum Gasteiger partial charge on any atom is -0.304 e. The Bertz CT molecular complexity index is 117. The van der Waals surface area contributed by atoms with Gasteiger partial charge in [-0.05, 0) is 40.4 Å². The lowest BCUT2D eigenvalue weighted by Gasteiger charge is -2.25.